The van der Waals surface area contributed by atoms with Crippen molar-refractivity contribution in [3.05, 3.63) is 58.9 Å². The average molecular weight is 561 g/mol. The van der Waals surface area contributed by atoms with Gasteiger partial charge >= 0.3 is 6.09 Å². The van der Waals surface area contributed by atoms with Crippen LogP contribution in [0, 0.1) is 11.8 Å². The maximum absolute atomic E-state index is 13.3. The minimum absolute atomic E-state index is 0.0970. The molecule has 0 saturated heterocycles. The van der Waals surface area contributed by atoms with Crippen LogP contribution >= 0.6 is 0 Å². The lowest BCUT2D eigenvalue weighted by molar-refractivity contribution is -0.120. The highest BCUT2D eigenvalue weighted by Crippen LogP contribution is 2.29. The van der Waals surface area contributed by atoms with Crippen LogP contribution in [-0.4, -0.2) is 80.5 Å². The molecular formula is C29H40N2O9. The van der Waals surface area contributed by atoms with Crippen molar-refractivity contribution < 1.29 is 43.2 Å². The van der Waals surface area contributed by atoms with E-state index in [0.29, 0.717) is 5.57 Å². The zero-order valence-corrected chi connectivity index (χ0v) is 24.0. The number of hydrogen-bond donors (Lipinski definition) is 3. The van der Waals surface area contributed by atoms with Gasteiger partial charge in [-0.15, -0.1) is 0 Å². The van der Waals surface area contributed by atoms with E-state index in [-0.39, 0.29) is 29.2 Å². The van der Waals surface area contributed by atoms with Gasteiger partial charge in [0.25, 0.3) is 5.91 Å². The summed E-state index contributed by atoms with van der Waals surface area (Å²) < 4.78 is 22.1. The summed E-state index contributed by atoms with van der Waals surface area (Å²) in [6.45, 7) is 6.86. The van der Waals surface area contributed by atoms with Crippen LogP contribution in [-0.2, 0) is 33.3 Å². The second-order valence-electron chi connectivity index (χ2n) is 10.0. The van der Waals surface area contributed by atoms with E-state index in [1.165, 1.54) is 46.5 Å². The predicted molar refractivity (Wildman–Crippen MR) is 147 cm³/mol. The Morgan fingerprint density at radius 1 is 1.02 bits per heavy atom. The summed E-state index contributed by atoms with van der Waals surface area (Å²) in [5.41, 5.74) is 6.06. The van der Waals surface area contributed by atoms with Gasteiger partial charge in [-0.25, -0.2) is 4.79 Å². The number of rotatable bonds is 4. The second-order valence-corrected chi connectivity index (χ2v) is 10.0. The van der Waals surface area contributed by atoms with Crippen LogP contribution in [0.4, 0.5) is 4.79 Å². The molecule has 1 aliphatic heterocycles. The Bertz CT molecular complexity index is 1130. The lowest BCUT2D eigenvalue weighted by Gasteiger charge is -2.32. The Kier molecular flexibility index (Phi) is 12.2. The Morgan fingerprint density at radius 2 is 1.70 bits per heavy atom. The number of aliphatic hydroxyl groups is 1. The van der Waals surface area contributed by atoms with E-state index in [1.807, 2.05) is 6.92 Å². The molecule has 0 aromatic rings. The number of hydrogen-bond acceptors (Lipinski definition) is 9. The number of allylic oxidation sites excluding steroid dienone is 5. The molecule has 0 aromatic heterocycles. The van der Waals surface area contributed by atoms with Crippen LogP contribution < -0.4 is 11.1 Å². The van der Waals surface area contributed by atoms with Crippen LogP contribution in [0.25, 0.3) is 0 Å². The molecule has 2 bridgehead atoms. The summed E-state index contributed by atoms with van der Waals surface area (Å²) >= 11 is 0. The highest BCUT2D eigenvalue weighted by Gasteiger charge is 2.35. The molecule has 0 aromatic carbocycles. The van der Waals surface area contributed by atoms with E-state index in [0.717, 1.165) is 6.08 Å². The molecule has 1 heterocycles. The number of fused-ring (bicyclic) bond motifs is 2. The second kappa shape index (κ2) is 14.8. The van der Waals surface area contributed by atoms with Crippen LogP contribution in [0.5, 0.6) is 0 Å². The molecule has 4 N–H and O–H groups in total. The van der Waals surface area contributed by atoms with Crippen molar-refractivity contribution in [3.8, 4) is 0 Å². The lowest BCUT2D eigenvalue weighted by Crippen LogP contribution is -2.40. The zero-order chi connectivity index (χ0) is 30.1. The molecule has 2 aliphatic rings. The molecule has 1 aliphatic carbocycles. The summed E-state index contributed by atoms with van der Waals surface area (Å²) in [5, 5.41) is 13.7. The molecule has 11 nitrogen and oxygen atoms in total. The number of nitrogens with two attached hydrogens (primary N) is 1. The SMILES string of the molecule is COC1/C=C\C=C(/C)C(=O)NC2=CC(=O)C=C(C2=O)[C@H](OC)[C@@H](C)C[C@H](OC)[C@H](O)[C@@H](C)/C=C(\C)[C@@H]1OC(N)=O. The van der Waals surface area contributed by atoms with E-state index in [1.54, 1.807) is 26.0 Å². The van der Waals surface area contributed by atoms with Crippen molar-refractivity contribution >= 4 is 23.6 Å². The van der Waals surface area contributed by atoms with Gasteiger partial charge in [0.15, 0.2) is 11.9 Å². The first-order valence-corrected chi connectivity index (χ1v) is 12.9. The van der Waals surface area contributed by atoms with Crippen molar-refractivity contribution in [1.82, 2.24) is 5.32 Å². The predicted octanol–water partition coefficient (Wildman–Crippen LogP) is 2.06. The highest BCUT2D eigenvalue weighted by atomic mass is 16.6. The van der Waals surface area contributed by atoms with Crippen molar-refractivity contribution in [2.24, 2.45) is 17.6 Å². The number of primary amides is 1. The van der Waals surface area contributed by atoms with Gasteiger partial charge in [-0.2, -0.15) is 0 Å². The molecule has 0 spiro atoms. The molecule has 0 radical (unpaired) electrons. The number of ether oxygens (including phenoxy) is 4. The fourth-order valence-electron chi connectivity index (χ4n) is 4.86. The smallest absolute Gasteiger partial charge is 0.405 e. The maximum atomic E-state index is 13.3. The molecule has 220 valence electrons. The molecule has 2 rings (SSSR count). The maximum Gasteiger partial charge on any atom is 0.405 e. The first-order chi connectivity index (χ1) is 18.8. The minimum Gasteiger partial charge on any atom is -0.439 e. The quantitative estimate of drug-likeness (QED) is 0.345. The molecule has 11 heteroatoms. The Labute approximate surface area is 234 Å². The van der Waals surface area contributed by atoms with Gasteiger partial charge in [-0.3, -0.25) is 14.4 Å². The van der Waals surface area contributed by atoms with E-state index in [9.17, 15) is 24.3 Å². The molecule has 2 amide bonds. The van der Waals surface area contributed by atoms with Crippen molar-refractivity contribution in [2.45, 2.75) is 64.6 Å². The molecule has 1 unspecified atom stereocenters. The Morgan fingerprint density at radius 3 is 2.27 bits per heavy atom. The first kappa shape index (κ1) is 32.8. The van der Waals surface area contributed by atoms with Gasteiger partial charge in [-0.1, -0.05) is 38.2 Å². The van der Waals surface area contributed by atoms with Crippen molar-refractivity contribution in [2.75, 3.05) is 21.3 Å². The highest BCUT2D eigenvalue weighted by molar-refractivity contribution is 6.22. The van der Waals surface area contributed by atoms with Crippen LogP contribution in [0.15, 0.2) is 58.9 Å². The minimum atomic E-state index is -1.01. The normalized spacial score (nSPS) is 34.4. The third-order valence-electron chi connectivity index (χ3n) is 7.04. The van der Waals surface area contributed by atoms with E-state index in [2.05, 4.69) is 5.32 Å². The summed E-state index contributed by atoms with van der Waals surface area (Å²) in [6.07, 6.45) is 3.68. The summed E-state index contributed by atoms with van der Waals surface area (Å²) in [6, 6.07) is 0. The van der Waals surface area contributed by atoms with Gasteiger partial charge in [0.2, 0.25) is 5.78 Å². The van der Waals surface area contributed by atoms with Crippen molar-refractivity contribution in [1.29, 1.82) is 0 Å². The monoisotopic (exact) mass is 560 g/mol. The number of Topliss-reactive ketones (excluding diaryl/α,β-unsaturated/α-hetero) is 1. The summed E-state index contributed by atoms with van der Waals surface area (Å²) in [7, 11) is 4.31. The van der Waals surface area contributed by atoms with Crippen molar-refractivity contribution in [3.63, 3.8) is 0 Å². The number of carbonyl (C=O) groups excluding carboxylic acids is 4. The molecule has 40 heavy (non-hydrogen) atoms. The van der Waals surface area contributed by atoms with Gasteiger partial charge in [-0.05, 0) is 37.8 Å². The largest absolute Gasteiger partial charge is 0.439 e. The number of ketones is 2. The summed E-state index contributed by atoms with van der Waals surface area (Å²) in [4.78, 5) is 50.4. The number of carbonyl (C=O) groups is 4. The van der Waals surface area contributed by atoms with Crippen LogP contribution in [0.3, 0.4) is 0 Å². The van der Waals surface area contributed by atoms with Gasteiger partial charge < -0.3 is 35.1 Å². The summed E-state index contributed by atoms with van der Waals surface area (Å²) in [5.74, 6) is -2.44. The fourth-order valence-corrected chi connectivity index (χ4v) is 4.86. The Hall–Kier alpha value is -3.38. The molecule has 7 atom stereocenters. The number of nitrogens with one attached hydrogen (secondary N) is 1. The van der Waals surface area contributed by atoms with Gasteiger partial charge in [0.05, 0.1) is 24.0 Å². The van der Waals surface area contributed by atoms with Crippen LogP contribution in [0.2, 0.25) is 0 Å². The molecular weight excluding hydrogens is 520 g/mol. The molecule has 0 fully saturated rings. The van der Waals surface area contributed by atoms with E-state index < -0.39 is 60.0 Å². The van der Waals surface area contributed by atoms with Gasteiger partial charge in [0, 0.05) is 44.5 Å². The zero-order valence-electron chi connectivity index (χ0n) is 24.0. The number of aliphatic hydroxyl groups excluding tert-OH is 1. The first-order valence-electron chi connectivity index (χ1n) is 12.9. The van der Waals surface area contributed by atoms with Crippen LogP contribution in [0.1, 0.15) is 34.1 Å². The average Bonchev–Trinajstić information content (AvgIpc) is 2.90. The lowest BCUT2D eigenvalue weighted by atomic mass is 9.84. The van der Waals surface area contributed by atoms with E-state index in [4.69, 9.17) is 24.7 Å². The number of methoxy groups -OCH3 is 3. The Balaban J connectivity index is 2.62. The number of amides is 2. The fraction of sp³-hybridized carbons (Fsp3) is 0.517. The molecule has 0 saturated carbocycles. The third kappa shape index (κ3) is 8.31. The van der Waals surface area contributed by atoms with E-state index >= 15 is 0 Å². The van der Waals surface area contributed by atoms with Gasteiger partial charge in [0.1, 0.15) is 6.10 Å². The topological polar surface area (TPSA) is 163 Å². The standard InChI is InChI=1S/C29H40N2O9/c1-15-9-8-10-22(37-5)27(40-29(30)36)17(3)11-16(2)24(33)23(38-6)12-18(4)26(39-7)20-13-19(32)14-21(25(20)34)31-28(15)35/h8-11,13-14,16,18,22-24,26-27,33H,12H2,1-7H3,(H2,30,36)(H,31,35)/b10-8-,15-9+,17-11+/t16-,18-,22?,23-,24+,26+,27-/m0/s1. The third-order valence-corrected chi connectivity index (χ3v) is 7.04.